The van der Waals surface area contributed by atoms with E-state index >= 15 is 0 Å². The van der Waals surface area contributed by atoms with Crippen LogP contribution >= 0.6 is 0 Å². The van der Waals surface area contributed by atoms with Crippen LogP contribution in [0, 0.1) is 19.3 Å². The normalized spacial score (nSPS) is 15.6. The summed E-state index contributed by atoms with van der Waals surface area (Å²) in [6.07, 6.45) is 4.57. The Balaban J connectivity index is 0. The maximum Gasteiger partial charge on any atom is 2.00 e. The maximum atomic E-state index is 4.13. The van der Waals surface area contributed by atoms with E-state index in [1.165, 1.54) is 12.8 Å². The summed E-state index contributed by atoms with van der Waals surface area (Å²) >= 11 is 0. The van der Waals surface area contributed by atoms with Gasteiger partial charge in [-0.15, -0.1) is 0 Å². The molecule has 0 radical (unpaired) electrons. The molecule has 0 aromatic rings. The van der Waals surface area contributed by atoms with E-state index in [-0.39, 0.29) is 26.5 Å². The molecule has 0 aliphatic heterocycles. The van der Waals surface area contributed by atoms with Crippen LogP contribution in [0.25, 0.3) is 0 Å². The third-order valence-corrected chi connectivity index (χ3v) is 2.06. The van der Waals surface area contributed by atoms with E-state index in [1.807, 2.05) is 0 Å². The molecule has 0 rings (SSSR count). The van der Waals surface area contributed by atoms with E-state index in [1.54, 1.807) is 0 Å². The number of hydrogen-bond donors (Lipinski definition) is 0. The minimum atomic E-state index is 0. The van der Waals surface area contributed by atoms with Crippen molar-refractivity contribution >= 4 is 0 Å². The van der Waals surface area contributed by atoms with Crippen molar-refractivity contribution in [2.75, 3.05) is 0 Å². The van der Waals surface area contributed by atoms with Crippen LogP contribution in [0.1, 0.15) is 39.5 Å². The topological polar surface area (TPSA) is 0 Å². The van der Waals surface area contributed by atoms with Gasteiger partial charge in [0, 0.05) is 0 Å². The van der Waals surface area contributed by atoms with Crippen LogP contribution in [0.4, 0.5) is 0 Å². The molecule has 0 spiro atoms. The summed E-state index contributed by atoms with van der Waals surface area (Å²) in [4.78, 5) is 0. The quantitative estimate of drug-likeness (QED) is 0.699. The first-order chi connectivity index (χ1) is 4.18. The maximum absolute atomic E-state index is 4.13. The van der Waals surface area contributed by atoms with Crippen LogP contribution in [0.3, 0.4) is 0 Å². The predicted octanol–water partition coefficient (Wildman–Crippen LogP) is 3.24. The van der Waals surface area contributed by atoms with Gasteiger partial charge in [0.25, 0.3) is 0 Å². The molecule has 0 heterocycles. The molecule has 60 valence electrons. The summed E-state index contributed by atoms with van der Waals surface area (Å²) in [5.74, 6) is 0. The summed E-state index contributed by atoms with van der Waals surface area (Å²) in [6, 6.07) is 0. The van der Waals surface area contributed by atoms with Gasteiger partial charge in [0.2, 0.25) is 0 Å². The Morgan fingerprint density at radius 1 is 1.30 bits per heavy atom. The fourth-order valence-electron chi connectivity index (χ4n) is 1.01. The summed E-state index contributed by atoms with van der Waals surface area (Å²) in [6.45, 7) is 12.4. The van der Waals surface area contributed by atoms with Crippen LogP contribution < -0.4 is 0 Å². The standard InChI is InChI=1S/C9H18.W/c1-5-8-9(4,6-2)7-3;/h2,4-8H2,1,3H3;/q-2;+2. The van der Waals surface area contributed by atoms with Crippen molar-refractivity contribution < 1.29 is 21.1 Å². The van der Waals surface area contributed by atoms with Crippen LogP contribution in [0.5, 0.6) is 0 Å². The second-order valence-corrected chi connectivity index (χ2v) is 2.85. The average Bonchev–Trinajstić information content (AvgIpc) is 1.89. The first-order valence-electron chi connectivity index (χ1n) is 3.83. The molecule has 0 aromatic heterocycles. The predicted molar refractivity (Wildman–Crippen MR) is 43.0 cm³/mol. The van der Waals surface area contributed by atoms with E-state index in [0.29, 0.717) is 0 Å². The fourth-order valence-corrected chi connectivity index (χ4v) is 1.01. The Morgan fingerprint density at radius 2 is 1.80 bits per heavy atom. The molecule has 0 N–H and O–H groups in total. The Morgan fingerprint density at radius 3 is 1.90 bits per heavy atom. The van der Waals surface area contributed by atoms with Gasteiger partial charge >= 0.3 is 21.1 Å². The van der Waals surface area contributed by atoms with Crippen molar-refractivity contribution in [3.8, 4) is 0 Å². The minimum Gasteiger partial charge on any atom is -0.345 e. The zero-order valence-corrected chi connectivity index (χ0v) is 10.1. The fraction of sp³-hybridized carbons (Fsp3) is 0.778. The van der Waals surface area contributed by atoms with Crippen molar-refractivity contribution in [2.45, 2.75) is 39.5 Å². The molecule has 0 saturated carbocycles. The van der Waals surface area contributed by atoms with Gasteiger partial charge in [-0.2, -0.15) is 5.41 Å². The largest absolute Gasteiger partial charge is 2.00 e. The molecule has 1 atom stereocenters. The Hall–Kier alpha value is 0.688. The second kappa shape index (κ2) is 6.40. The van der Waals surface area contributed by atoms with Crippen molar-refractivity contribution in [3.05, 3.63) is 13.8 Å². The summed E-state index contributed by atoms with van der Waals surface area (Å²) in [5.41, 5.74) is 0.273. The zero-order chi connectivity index (χ0) is 7.33. The van der Waals surface area contributed by atoms with Crippen molar-refractivity contribution in [2.24, 2.45) is 5.41 Å². The molecular formula is C9H18W. The average molecular weight is 310 g/mol. The molecule has 1 heteroatoms. The van der Waals surface area contributed by atoms with E-state index < -0.39 is 0 Å². The van der Waals surface area contributed by atoms with Crippen LogP contribution in [0.15, 0.2) is 0 Å². The summed E-state index contributed by atoms with van der Waals surface area (Å²) < 4.78 is 0. The van der Waals surface area contributed by atoms with Crippen molar-refractivity contribution in [3.63, 3.8) is 0 Å². The third-order valence-electron chi connectivity index (χ3n) is 2.06. The number of rotatable bonds is 4. The first-order valence-corrected chi connectivity index (χ1v) is 3.83. The minimum absolute atomic E-state index is 0. The Bertz CT molecular complexity index is 65.1. The van der Waals surface area contributed by atoms with Gasteiger partial charge in [-0.05, 0) is 0 Å². The van der Waals surface area contributed by atoms with E-state index in [4.69, 9.17) is 0 Å². The molecule has 0 fully saturated rings. The van der Waals surface area contributed by atoms with Gasteiger partial charge in [-0.1, -0.05) is 33.1 Å². The molecule has 0 saturated heterocycles. The monoisotopic (exact) mass is 310 g/mol. The van der Waals surface area contributed by atoms with Gasteiger partial charge in [-0.25, -0.2) is 6.42 Å². The van der Waals surface area contributed by atoms with E-state index in [9.17, 15) is 0 Å². The van der Waals surface area contributed by atoms with Crippen LogP contribution in [-0.2, 0) is 21.1 Å². The van der Waals surface area contributed by atoms with Crippen LogP contribution in [0.2, 0.25) is 0 Å². The Labute approximate surface area is 80.0 Å². The molecule has 0 aliphatic rings. The van der Waals surface area contributed by atoms with E-state index in [0.717, 1.165) is 12.8 Å². The van der Waals surface area contributed by atoms with Crippen molar-refractivity contribution in [1.29, 1.82) is 0 Å². The molecular weight excluding hydrogens is 292 g/mol. The molecule has 0 nitrogen and oxygen atoms in total. The van der Waals surface area contributed by atoms with Gasteiger partial charge in [0.05, 0.1) is 0 Å². The molecule has 0 aromatic carbocycles. The molecule has 0 aliphatic carbocycles. The van der Waals surface area contributed by atoms with Crippen LogP contribution in [-0.4, -0.2) is 0 Å². The molecule has 0 bridgehead atoms. The Kier molecular flexibility index (Phi) is 8.51. The molecule has 0 amide bonds. The van der Waals surface area contributed by atoms with Gasteiger partial charge in [0.1, 0.15) is 0 Å². The van der Waals surface area contributed by atoms with Crippen molar-refractivity contribution in [1.82, 2.24) is 0 Å². The second-order valence-electron chi connectivity index (χ2n) is 2.85. The molecule has 1 unspecified atom stereocenters. The summed E-state index contributed by atoms with van der Waals surface area (Å²) in [5, 5.41) is 0. The van der Waals surface area contributed by atoms with Gasteiger partial charge in [-0.3, -0.25) is 0 Å². The third kappa shape index (κ3) is 4.50. The summed E-state index contributed by atoms with van der Waals surface area (Å²) in [7, 11) is 0. The first kappa shape index (κ1) is 13.3. The zero-order valence-electron chi connectivity index (χ0n) is 7.15. The number of hydrogen-bond acceptors (Lipinski definition) is 0. The van der Waals surface area contributed by atoms with Gasteiger partial charge in [0.15, 0.2) is 0 Å². The smallest absolute Gasteiger partial charge is 0.345 e. The SMILES string of the molecule is [CH2-]CC([CH2-])(CC)CCC.[W+2]. The van der Waals surface area contributed by atoms with E-state index in [2.05, 4.69) is 27.7 Å². The molecule has 10 heavy (non-hydrogen) atoms. The van der Waals surface area contributed by atoms with Gasteiger partial charge < -0.3 is 13.8 Å².